The van der Waals surface area contributed by atoms with Gasteiger partial charge in [-0.05, 0) is 61.1 Å². The molecule has 0 saturated carbocycles. The Bertz CT molecular complexity index is 961. The third-order valence-corrected chi connectivity index (χ3v) is 5.93. The van der Waals surface area contributed by atoms with E-state index < -0.39 is 17.1 Å². The molecule has 146 valence electrons. The first-order valence-electron chi connectivity index (χ1n) is 9.19. The summed E-state index contributed by atoms with van der Waals surface area (Å²) in [5.41, 5.74) is 4.28. The minimum Gasteiger partial charge on any atom is -0.494 e. The van der Waals surface area contributed by atoms with Crippen molar-refractivity contribution in [3.8, 4) is 5.75 Å². The number of carbonyl (C=O) groups is 2. The summed E-state index contributed by atoms with van der Waals surface area (Å²) < 4.78 is 18.8. The first-order chi connectivity index (χ1) is 13.5. The number of nitrogens with one attached hydrogen (secondary N) is 1. The van der Waals surface area contributed by atoms with Crippen molar-refractivity contribution in [1.82, 2.24) is 5.48 Å². The summed E-state index contributed by atoms with van der Waals surface area (Å²) in [6, 6.07) is 9.77. The van der Waals surface area contributed by atoms with Crippen LogP contribution in [0, 0.1) is 11.2 Å². The van der Waals surface area contributed by atoms with Crippen molar-refractivity contribution in [2.75, 3.05) is 18.6 Å². The quantitative estimate of drug-likeness (QED) is 0.630. The van der Waals surface area contributed by atoms with Crippen molar-refractivity contribution in [2.24, 2.45) is 5.41 Å². The Hall–Kier alpha value is -2.93. The lowest BCUT2D eigenvalue weighted by Gasteiger charge is -2.33. The fourth-order valence-electron chi connectivity index (χ4n) is 4.34. The Morgan fingerprint density at radius 3 is 2.79 bits per heavy atom. The van der Waals surface area contributed by atoms with Gasteiger partial charge in [0, 0.05) is 23.9 Å². The fourth-order valence-corrected chi connectivity index (χ4v) is 4.34. The molecule has 2 aromatic rings. The second kappa shape index (κ2) is 6.91. The highest BCUT2D eigenvalue weighted by Gasteiger charge is 2.48. The van der Waals surface area contributed by atoms with E-state index in [1.807, 2.05) is 6.07 Å². The largest absolute Gasteiger partial charge is 0.494 e. The van der Waals surface area contributed by atoms with Gasteiger partial charge in [-0.25, -0.2) is 9.87 Å². The van der Waals surface area contributed by atoms with Crippen LogP contribution in [0.4, 0.5) is 10.1 Å². The van der Waals surface area contributed by atoms with E-state index in [2.05, 4.69) is 0 Å². The molecular weight excluding hydrogens is 363 g/mol. The van der Waals surface area contributed by atoms with Crippen LogP contribution in [-0.2, 0) is 17.6 Å². The van der Waals surface area contributed by atoms with Crippen LogP contribution in [0.5, 0.6) is 5.75 Å². The molecule has 0 radical (unpaired) electrons. The zero-order chi connectivity index (χ0) is 19.9. The number of benzene rings is 2. The van der Waals surface area contributed by atoms with Gasteiger partial charge in [-0.1, -0.05) is 6.07 Å². The van der Waals surface area contributed by atoms with Gasteiger partial charge in [-0.2, -0.15) is 0 Å². The van der Waals surface area contributed by atoms with Gasteiger partial charge in [0.05, 0.1) is 12.5 Å². The van der Waals surface area contributed by atoms with Crippen LogP contribution in [0.3, 0.4) is 0 Å². The van der Waals surface area contributed by atoms with Crippen LogP contribution in [-0.4, -0.2) is 30.7 Å². The number of hydroxylamine groups is 1. The Balaban J connectivity index is 1.59. The van der Waals surface area contributed by atoms with Crippen molar-refractivity contribution in [3.63, 3.8) is 0 Å². The molecule has 1 heterocycles. The topological polar surface area (TPSA) is 78.9 Å². The molecule has 0 bridgehead atoms. The van der Waals surface area contributed by atoms with E-state index in [4.69, 9.17) is 9.94 Å². The summed E-state index contributed by atoms with van der Waals surface area (Å²) in [5.74, 6) is -0.836. The van der Waals surface area contributed by atoms with Gasteiger partial charge >= 0.3 is 0 Å². The smallest absolute Gasteiger partial charge is 0.274 e. The highest BCUT2D eigenvalue weighted by Crippen LogP contribution is 2.45. The van der Waals surface area contributed by atoms with E-state index in [0.29, 0.717) is 37.1 Å². The Morgan fingerprint density at radius 2 is 2.04 bits per heavy atom. The number of anilines is 1. The van der Waals surface area contributed by atoms with E-state index in [1.54, 1.807) is 34.6 Å². The molecule has 2 aliphatic rings. The zero-order valence-corrected chi connectivity index (χ0v) is 15.5. The lowest BCUT2D eigenvalue weighted by molar-refractivity contribution is -0.126. The van der Waals surface area contributed by atoms with Gasteiger partial charge in [0.15, 0.2) is 11.6 Å². The second-order valence-electron chi connectivity index (χ2n) is 7.41. The van der Waals surface area contributed by atoms with Crippen molar-refractivity contribution in [2.45, 2.75) is 25.7 Å². The van der Waals surface area contributed by atoms with E-state index in [1.165, 1.54) is 13.2 Å². The molecule has 7 heteroatoms. The van der Waals surface area contributed by atoms with Crippen molar-refractivity contribution in [1.29, 1.82) is 0 Å². The molecule has 4 rings (SSSR count). The molecule has 1 saturated heterocycles. The summed E-state index contributed by atoms with van der Waals surface area (Å²) in [6.45, 7) is 0.577. The number of aryl methyl sites for hydroxylation is 1. The average Bonchev–Trinajstić information content (AvgIpc) is 3.03. The Labute approximate surface area is 161 Å². The molecule has 2 N–H and O–H groups in total. The molecule has 6 nitrogen and oxygen atoms in total. The van der Waals surface area contributed by atoms with Gasteiger partial charge in [0.2, 0.25) is 5.91 Å². The number of hydrogen-bond acceptors (Lipinski definition) is 4. The zero-order valence-electron chi connectivity index (χ0n) is 15.5. The molecule has 1 aliphatic heterocycles. The Kier molecular flexibility index (Phi) is 4.55. The van der Waals surface area contributed by atoms with Crippen molar-refractivity contribution >= 4 is 17.5 Å². The standard InChI is InChI=1S/C21H21FN2O4/c1-28-18-11-16(4-5-17(18)22)24-9-8-21(20(24)26)7-6-13-10-14(19(25)23-27)2-3-15(13)12-21/h2-5,10-11,27H,6-9,12H2,1H3,(H,23,25)/t21-/m0/s1. The number of nitrogens with zero attached hydrogens (tertiary/aromatic N) is 1. The van der Waals surface area contributed by atoms with Gasteiger partial charge in [0.25, 0.3) is 5.91 Å². The normalized spacial score (nSPS) is 21.0. The van der Waals surface area contributed by atoms with Gasteiger partial charge in [-0.3, -0.25) is 14.8 Å². The summed E-state index contributed by atoms with van der Waals surface area (Å²) in [7, 11) is 1.40. The minimum atomic E-state index is -0.545. The average molecular weight is 384 g/mol. The van der Waals surface area contributed by atoms with Gasteiger partial charge in [-0.15, -0.1) is 0 Å². The number of fused-ring (bicyclic) bond motifs is 1. The fraction of sp³-hybridized carbons (Fsp3) is 0.333. The number of methoxy groups -OCH3 is 1. The molecule has 1 aliphatic carbocycles. The van der Waals surface area contributed by atoms with Crippen molar-refractivity contribution < 1.29 is 23.9 Å². The van der Waals surface area contributed by atoms with Crippen LogP contribution >= 0.6 is 0 Å². The maximum atomic E-state index is 13.7. The van der Waals surface area contributed by atoms with Gasteiger partial charge in [0.1, 0.15) is 0 Å². The highest BCUT2D eigenvalue weighted by atomic mass is 19.1. The minimum absolute atomic E-state index is 0.0454. The molecule has 2 aromatic carbocycles. The second-order valence-corrected chi connectivity index (χ2v) is 7.41. The maximum Gasteiger partial charge on any atom is 0.274 e. The van der Waals surface area contributed by atoms with Gasteiger partial charge < -0.3 is 9.64 Å². The van der Waals surface area contributed by atoms with Crippen LogP contribution in [0.25, 0.3) is 0 Å². The van der Waals surface area contributed by atoms with Crippen LogP contribution in [0.15, 0.2) is 36.4 Å². The molecule has 2 amide bonds. The summed E-state index contributed by atoms with van der Waals surface area (Å²) in [6.07, 6.45) is 2.72. The third kappa shape index (κ3) is 2.92. The predicted octanol–water partition coefficient (Wildman–Crippen LogP) is 2.87. The van der Waals surface area contributed by atoms with E-state index in [-0.39, 0.29) is 11.7 Å². The van der Waals surface area contributed by atoms with E-state index in [9.17, 15) is 14.0 Å². The monoisotopic (exact) mass is 384 g/mol. The summed E-state index contributed by atoms with van der Waals surface area (Å²) >= 11 is 0. The lowest BCUT2D eigenvalue weighted by Crippen LogP contribution is -2.38. The number of carbonyl (C=O) groups excluding carboxylic acids is 2. The van der Waals surface area contributed by atoms with Crippen LogP contribution in [0.2, 0.25) is 0 Å². The molecule has 28 heavy (non-hydrogen) atoms. The first kappa shape index (κ1) is 18.4. The highest BCUT2D eigenvalue weighted by molar-refractivity contribution is 6.00. The predicted molar refractivity (Wildman–Crippen MR) is 100 cm³/mol. The van der Waals surface area contributed by atoms with Crippen molar-refractivity contribution in [3.05, 3.63) is 58.9 Å². The molecule has 1 fully saturated rings. The number of rotatable bonds is 3. The summed E-state index contributed by atoms with van der Waals surface area (Å²) in [4.78, 5) is 26.6. The number of halogens is 1. The van der Waals surface area contributed by atoms with Crippen LogP contribution in [0.1, 0.15) is 34.3 Å². The van der Waals surface area contributed by atoms with E-state index >= 15 is 0 Å². The number of ether oxygens (including phenoxy) is 1. The maximum absolute atomic E-state index is 13.7. The first-order valence-corrected chi connectivity index (χ1v) is 9.19. The number of hydrogen-bond donors (Lipinski definition) is 2. The lowest BCUT2D eigenvalue weighted by atomic mass is 9.70. The molecule has 1 atom stereocenters. The molecular formula is C21H21FN2O4. The van der Waals surface area contributed by atoms with Crippen LogP contribution < -0.4 is 15.1 Å². The van der Waals surface area contributed by atoms with E-state index in [0.717, 1.165) is 17.5 Å². The SMILES string of the molecule is COc1cc(N2CC[C@]3(CCc4cc(C(=O)NO)ccc4C3)C2=O)ccc1F. The number of amides is 2. The third-order valence-electron chi connectivity index (χ3n) is 5.93. The molecule has 0 unspecified atom stereocenters. The Morgan fingerprint density at radius 1 is 1.21 bits per heavy atom. The molecule has 1 spiro atoms. The molecule has 0 aromatic heterocycles. The summed E-state index contributed by atoms with van der Waals surface area (Å²) in [5, 5.41) is 8.80.